The smallest absolute Gasteiger partial charge is 0.276 e. The van der Waals surface area contributed by atoms with Crippen molar-refractivity contribution in [3.8, 4) is 0 Å². The quantitative estimate of drug-likeness (QED) is 0.916. The van der Waals surface area contributed by atoms with E-state index in [1.165, 1.54) is 5.56 Å². The van der Waals surface area contributed by atoms with E-state index in [1.807, 2.05) is 21.8 Å². The van der Waals surface area contributed by atoms with E-state index in [4.69, 9.17) is 5.73 Å². The Kier molecular flexibility index (Phi) is 5.02. The minimum atomic E-state index is 0.0133. The number of carbonyl (C=O) groups excluding carboxylic acids is 1. The van der Waals surface area contributed by atoms with Gasteiger partial charge < -0.3 is 10.6 Å². The van der Waals surface area contributed by atoms with Crippen LogP contribution in [0.1, 0.15) is 54.2 Å². The highest BCUT2D eigenvalue weighted by atomic mass is 16.2. The Hall–Kier alpha value is -2.21. The Morgan fingerprint density at radius 2 is 1.88 bits per heavy atom. The molecule has 1 saturated heterocycles. The molecule has 2 fully saturated rings. The monoisotopic (exact) mass is 353 g/mol. The first-order valence-corrected chi connectivity index (χ1v) is 9.69. The normalized spacial score (nSPS) is 26.2. The molecule has 1 amide bonds. The molecule has 138 valence electrons. The van der Waals surface area contributed by atoms with Gasteiger partial charge in [0, 0.05) is 19.1 Å². The lowest BCUT2D eigenvalue weighted by Crippen LogP contribution is -2.29. The highest BCUT2D eigenvalue weighted by molar-refractivity contribution is 5.92. The Morgan fingerprint density at radius 3 is 2.65 bits per heavy atom. The van der Waals surface area contributed by atoms with Crippen molar-refractivity contribution in [3.05, 3.63) is 47.8 Å². The Bertz CT molecular complexity index is 736. The number of hydrogen-bond acceptors (Lipinski definition) is 4. The van der Waals surface area contributed by atoms with Gasteiger partial charge in [0.15, 0.2) is 5.69 Å². The van der Waals surface area contributed by atoms with Gasteiger partial charge in [-0.3, -0.25) is 4.79 Å². The minimum Gasteiger partial charge on any atom is -0.337 e. The van der Waals surface area contributed by atoms with E-state index in [1.54, 1.807) is 0 Å². The number of benzene rings is 1. The van der Waals surface area contributed by atoms with Gasteiger partial charge in [0.05, 0.1) is 12.2 Å². The van der Waals surface area contributed by atoms with Crippen molar-refractivity contribution in [2.24, 2.45) is 11.7 Å². The van der Waals surface area contributed by atoms with E-state index in [9.17, 15) is 4.79 Å². The van der Waals surface area contributed by atoms with Crippen molar-refractivity contribution in [2.75, 3.05) is 13.1 Å². The van der Waals surface area contributed by atoms with Crippen LogP contribution in [0.3, 0.4) is 0 Å². The van der Waals surface area contributed by atoms with Crippen LogP contribution < -0.4 is 5.73 Å². The average molecular weight is 353 g/mol. The van der Waals surface area contributed by atoms with E-state index in [0.29, 0.717) is 23.7 Å². The third-order valence-electron chi connectivity index (χ3n) is 5.79. The minimum absolute atomic E-state index is 0.0133. The molecule has 1 saturated carbocycles. The summed E-state index contributed by atoms with van der Waals surface area (Å²) in [6, 6.07) is 11.1. The molecule has 1 atom stereocenters. The summed E-state index contributed by atoms with van der Waals surface area (Å²) in [6.45, 7) is 1.61. The molecule has 0 bridgehead atoms. The van der Waals surface area contributed by atoms with E-state index < -0.39 is 0 Å². The first-order chi connectivity index (χ1) is 12.7. The summed E-state index contributed by atoms with van der Waals surface area (Å²) in [4.78, 5) is 14.7. The summed E-state index contributed by atoms with van der Waals surface area (Å²) in [5.41, 5.74) is 7.79. The van der Waals surface area contributed by atoms with Gasteiger partial charge in [-0.1, -0.05) is 35.5 Å². The molecule has 0 spiro atoms. The second kappa shape index (κ2) is 7.58. The second-order valence-corrected chi connectivity index (χ2v) is 7.75. The zero-order chi connectivity index (χ0) is 17.9. The highest BCUT2D eigenvalue weighted by Gasteiger charge is 2.29. The molecule has 2 N–H and O–H groups in total. The van der Waals surface area contributed by atoms with E-state index in [-0.39, 0.29) is 5.91 Å². The number of carbonyl (C=O) groups is 1. The molecule has 0 radical (unpaired) electrons. The van der Waals surface area contributed by atoms with Crippen LogP contribution in [0.4, 0.5) is 0 Å². The van der Waals surface area contributed by atoms with Crippen LogP contribution in [0.2, 0.25) is 0 Å². The molecule has 1 aromatic carbocycles. The van der Waals surface area contributed by atoms with Crippen LogP contribution in [-0.4, -0.2) is 44.9 Å². The summed E-state index contributed by atoms with van der Waals surface area (Å²) in [5.74, 6) is 0.538. The number of rotatable bonds is 4. The maximum atomic E-state index is 12.8. The van der Waals surface area contributed by atoms with Crippen LogP contribution >= 0.6 is 0 Å². The number of nitrogens with zero attached hydrogens (tertiary/aromatic N) is 4. The molecule has 1 aromatic heterocycles. The molecule has 4 rings (SSSR count). The van der Waals surface area contributed by atoms with Gasteiger partial charge in [0.1, 0.15) is 0 Å². The summed E-state index contributed by atoms with van der Waals surface area (Å²) >= 11 is 0. The van der Waals surface area contributed by atoms with Crippen LogP contribution in [-0.2, 0) is 6.42 Å². The molecule has 0 unspecified atom stereocenters. The fourth-order valence-corrected chi connectivity index (χ4v) is 4.21. The number of hydrogen-bond donors (Lipinski definition) is 1. The predicted octanol–water partition coefficient (Wildman–Crippen LogP) is 2.43. The van der Waals surface area contributed by atoms with Crippen LogP contribution in [0.15, 0.2) is 36.5 Å². The maximum absolute atomic E-state index is 12.8. The highest BCUT2D eigenvalue weighted by Crippen LogP contribution is 2.27. The lowest BCUT2D eigenvalue weighted by Gasteiger charge is -2.25. The first kappa shape index (κ1) is 17.2. The molecule has 1 aliphatic heterocycles. The number of amides is 1. The Labute approximate surface area is 154 Å². The lowest BCUT2D eigenvalue weighted by molar-refractivity contribution is 0.0781. The van der Waals surface area contributed by atoms with Gasteiger partial charge in [-0.15, -0.1) is 5.10 Å². The average Bonchev–Trinajstić information content (AvgIpc) is 3.33. The Morgan fingerprint density at radius 1 is 1.12 bits per heavy atom. The fourth-order valence-electron chi connectivity index (χ4n) is 4.21. The van der Waals surface area contributed by atoms with Crippen molar-refractivity contribution in [1.29, 1.82) is 0 Å². The van der Waals surface area contributed by atoms with E-state index in [0.717, 1.165) is 51.6 Å². The summed E-state index contributed by atoms with van der Waals surface area (Å²) in [7, 11) is 0. The summed E-state index contributed by atoms with van der Waals surface area (Å²) in [6.07, 6.45) is 7.97. The van der Waals surface area contributed by atoms with Gasteiger partial charge in [0.2, 0.25) is 0 Å². The molecule has 6 nitrogen and oxygen atoms in total. The maximum Gasteiger partial charge on any atom is 0.276 e. The largest absolute Gasteiger partial charge is 0.337 e. The molecule has 2 aromatic rings. The van der Waals surface area contributed by atoms with Gasteiger partial charge in [-0.2, -0.15) is 0 Å². The van der Waals surface area contributed by atoms with Gasteiger partial charge in [-0.25, -0.2) is 4.68 Å². The molecule has 2 aliphatic rings. The third-order valence-corrected chi connectivity index (χ3v) is 5.79. The van der Waals surface area contributed by atoms with Crippen molar-refractivity contribution in [1.82, 2.24) is 19.9 Å². The summed E-state index contributed by atoms with van der Waals surface area (Å²) in [5, 5.41) is 8.38. The van der Waals surface area contributed by atoms with Gasteiger partial charge in [0.25, 0.3) is 5.91 Å². The molecule has 1 aliphatic carbocycles. The molecular weight excluding hydrogens is 326 g/mol. The van der Waals surface area contributed by atoms with Gasteiger partial charge >= 0.3 is 0 Å². The molecule has 26 heavy (non-hydrogen) atoms. The lowest BCUT2D eigenvalue weighted by atomic mass is 9.92. The topological polar surface area (TPSA) is 77.0 Å². The van der Waals surface area contributed by atoms with Crippen molar-refractivity contribution >= 4 is 5.91 Å². The van der Waals surface area contributed by atoms with Crippen molar-refractivity contribution < 1.29 is 4.79 Å². The van der Waals surface area contributed by atoms with Gasteiger partial charge in [-0.05, 0) is 50.0 Å². The van der Waals surface area contributed by atoms with Crippen molar-refractivity contribution in [2.45, 2.75) is 50.6 Å². The number of nitrogens with two attached hydrogens (primary N) is 1. The zero-order valence-corrected chi connectivity index (χ0v) is 15.1. The zero-order valence-electron chi connectivity index (χ0n) is 15.1. The Balaban J connectivity index is 1.35. The first-order valence-electron chi connectivity index (χ1n) is 9.69. The SMILES string of the molecule is NC1CCC(n2cc(C(=O)N3CC[C@@H](Cc4ccccc4)C3)nn2)CC1. The molecular formula is C20H27N5O. The summed E-state index contributed by atoms with van der Waals surface area (Å²) < 4.78 is 1.87. The predicted molar refractivity (Wildman–Crippen MR) is 99.7 cm³/mol. The fraction of sp³-hybridized carbons (Fsp3) is 0.550. The van der Waals surface area contributed by atoms with Crippen molar-refractivity contribution in [3.63, 3.8) is 0 Å². The van der Waals surface area contributed by atoms with Crippen LogP contribution in [0.5, 0.6) is 0 Å². The third kappa shape index (κ3) is 3.80. The number of aromatic nitrogens is 3. The van der Waals surface area contributed by atoms with E-state index in [2.05, 4.69) is 34.6 Å². The molecule has 6 heteroatoms. The second-order valence-electron chi connectivity index (χ2n) is 7.75. The molecule has 2 heterocycles. The van der Waals surface area contributed by atoms with Crippen LogP contribution in [0.25, 0.3) is 0 Å². The number of likely N-dealkylation sites (tertiary alicyclic amines) is 1. The standard InChI is InChI=1S/C20H27N5O/c21-17-6-8-18(9-7-17)25-14-19(22-23-25)20(26)24-11-10-16(13-24)12-15-4-2-1-3-5-15/h1-5,14,16-18H,6-13,21H2/t16-,17?,18?/m0/s1. The van der Waals surface area contributed by atoms with E-state index >= 15 is 0 Å². The van der Waals surface area contributed by atoms with Crippen LogP contribution in [0, 0.1) is 5.92 Å².